The largest absolute Gasteiger partial charge is 0.497 e. The third kappa shape index (κ3) is 4.36. The number of fused-ring (bicyclic) bond motifs is 7. The fraction of sp³-hybridized carbons (Fsp3) is 0.545. The first-order chi connectivity index (χ1) is 19.1. The SMILES string of the molecule is COc1ccc2c(c1)[C@@H]1[C@@H](CCN1CCN1CCCC1)Cn1c-2c(C2CCCCC2)c2ccc(C(=O)O)cc21. The molecule has 6 heteroatoms. The highest BCUT2D eigenvalue weighted by atomic mass is 16.5. The van der Waals surface area contributed by atoms with Gasteiger partial charge in [0, 0.05) is 42.1 Å². The second-order valence-electron chi connectivity index (χ2n) is 12.3. The number of carboxylic acids is 1. The Balaban J connectivity index is 1.40. The van der Waals surface area contributed by atoms with Gasteiger partial charge in [-0.15, -0.1) is 0 Å². The molecule has 1 saturated carbocycles. The Labute approximate surface area is 231 Å². The van der Waals surface area contributed by atoms with E-state index in [1.807, 2.05) is 12.1 Å². The van der Waals surface area contributed by atoms with Gasteiger partial charge >= 0.3 is 5.97 Å². The molecule has 0 radical (unpaired) electrons. The molecule has 0 bridgehead atoms. The lowest BCUT2D eigenvalue weighted by Gasteiger charge is -2.30. The fourth-order valence-electron chi connectivity index (χ4n) is 8.25. The average Bonchev–Trinajstić information content (AvgIpc) is 3.68. The second kappa shape index (κ2) is 10.3. The summed E-state index contributed by atoms with van der Waals surface area (Å²) >= 11 is 0. The molecule has 2 atom stereocenters. The molecule has 4 heterocycles. The lowest BCUT2D eigenvalue weighted by Crippen LogP contribution is -2.34. The Kier molecular flexibility index (Phi) is 6.64. The second-order valence-corrected chi connectivity index (χ2v) is 12.3. The van der Waals surface area contributed by atoms with Crippen LogP contribution in [-0.2, 0) is 6.54 Å². The van der Waals surface area contributed by atoms with E-state index >= 15 is 0 Å². The molecule has 0 amide bonds. The molecule has 1 N–H and O–H groups in total. The van der Waals surface area contributed by atoms with E-state index in [1.165, 1.54) is 85.8 Å². The van der Waals surface area contributed by atoms with Crippen LogP contribution in [0, 0.1) is 5.92 Å². The summed E-state index contributed by atoms with van der Waals surface area (Å²) in [6, 6.07) is 12.9. The quantitative estimate of drug-likeness (QED) is 0.395. The van der Waals surface area contributed by atoms with Crippen LogP contribution in [0.4, 0.5) is 0 Å². The number of likely N-dealkylation sites (tertiary alicyclic amines) is 2. The number of nitrogens with zero attached hydrogens (tertiary/aromatic N) is 3. The zero-order valence-electron chi connectivity index (χ0n) is 23.2. The van der Waals surface area contributed by atoms with E-state index in [1.54, 1.807) is 7.11 Å². The maximum Gasteiger partial charge on any atom is 0.335 e. The lowest BCUT2D eigenvalue weighted by atomic mass is 9.81. The molecular weight excluding hydrogens is 486 g/mol. The van der Waals surface area contributed by atoms with E-state index in [4.69, 9.17) is 4.74 Å². The first-order valence-corrected chi connectivity index (χ1v) is 15.2. The summed E-state index contributed by atoms with van der Waals surface area (Å²) in [6.07, 6.45) is 10.1. The number of benzene rings is 2. The third-order valence-corrected chi connectivity index (χ3v) is 10.1. The van der Waals surface area contributed by atoms with E-state index in [9.17, 15) is 9.90 Å². The molecule has 2 saturated heterocycles. The van der Waals surface area contributed by atoms with Gasteiger partial charge in [0.05, 0.1) is 18.4 Å². The summed E-state index contributed by atoms with van der Waals surface area (Å²) in [5.74, 6) is 1.08. The summed E-state index contributed by atoms with van der Waals surface area (Å²) in [7, 11) is 1.77. The van der Waals surface area contributed by atoms with Gasteiger partial charge in [-0.25, -0.2) is 4.79 Å². The molecule has 3 aliphatic heterocycles. The molecule has 4 aliphatic rings. The van der Waals surface area contributed by atoms with Crippen molar-refractivity contribution in [3.63, 3.8) is 0 Å². The van der Waals surface area contributed by atoms with Crippen LogP contribution < -0.4 is 4.74 Å². The topological polar surface area (TPSA) is 57.9 Å². The summed E-state index contributed by atoms with van der Waals surface area (Å²) in [6.45, 7) is 6.77. The molecule has 206 valence electrons. The normalized spacial score (nSPS) is 23.9. The van der Waals surface area contributed by atoms with Crippen LogP contribution in [-0.4, -0.2) is 65.3 Å². The predicted molar refractivity (Wildman–Crippen MR) is 155 cm³/mol. The van der Waals surface area contributed by atoms with Crippen LogP contribution in [0.25, 0.3) is 22.2 Å². The number of aromatic nitrogens is 1. The van der Waals surface area contributed by atoms with Gasteiger partial charge in [-0.1, -0.05) is 25.3 Å². The van der Waals surface area contributed by atoms with E-state index in [0.29, 0.717) is 23.4 Å². The first-order valence-electron chi connectivity index (χ1n) is 15.2. The minimum atomic E-state index is -0.850. The van der Waals surface area contributed by atoms with Crippen LogP contribution in [0.15, 0.2) is 36.4 Å². The highest BCUT2D eigenvalue weighted by Gasteiger charge is 2.41. The molecule has 0 unspecified atom stereocenters. The van der Waals surface area contributed by atoms with Crippen molar-refractivity contribution in [2.75, 3.05) is 39.8 Å². The molecule has 3 aromatic rings. The number of carboxylic acid groups (broad SMARTS) is 1. The van der Waals surface area contributed by atoms with E-state index in [-0.39, 0.29) is 0 Å². The molecule has 2 aromatic carbocycles. The van der Waals surface area contributed by atoms with Gasteiger partial charge in [-0.3, -0.25) is 4.90 Å². The number of rotatable bonds is 6. The van der Waals surface area contributed by atoms with Crippen LogP contribution in [0.2, 0.25) is 0 Å². The van der Waals surface area contributed by atoms with Gasteiger partial charge in [0.2, 0.25) is 0 Å². The fourth-order valence-corrected chi connectivity index (χ4v) is 8.25. The molecule has 6 nitrogen and oxygen atoms in total. The summed E-state index contributed by atoms with van der Waals surface area (Å²) in [4.78, 5) is 17.4. The Morgan fingerprint density at radius 3 is 2.54 bits per heavy atom. The predicted octanol–water partition coefficient (Wildman–Crippen LogP) is 6.54. The van der Waals surface area contributed by atoms with Gasteiger partial charge < -0.3 is 19.3 Å². The highest BCUT2D eigenvalue weighted by molar-refractivity contribution is 5.98. The Morgan fingerprint density at radius 1 is 0.949 bits per heavy atom. The van der Waals surface area contributed by atoms with Crippen molar-refractivity contribution in [3.05, 3.63) is 53.1 Å². The zero-order valence-corrected chi connectivity index (χ0v) is 23.2. The van der Waals surface area contributed by atoms with Crippen molar-refractivity contribution in [1.82, 2.24) is 14.4 Å². The molecule has 1 aromatic heterocycles. The van der Waals surface area contributed by atoms with Crippen molar-refractivity contribution in [3.8, 4) is 17.0 Å². The third-order valence-electron chi connectivity index (χ3n) is 10.1. The molecule has 7 rings (SSSR count). The maximum absolute atomic E-state index is 12.0. The van der Waals surface area contributed by atoms with Gasteiger partial charge in [-0.2, -0.15) is 0 Å². The van der Waals surface area contributed by atoms with Crippen LogP contribution in [0.1, 0.15) is 84.8 Å². The molecule has 3 fully saturated rings. The van der Waals surface area contributed by atoms with Gasteiger partial charge in [0.1, 0.15) is 5.75 Å². The number of aromatic carboxylic acids is 1. The van der Waals surface area contributed by atoms with Crippen molar-refractivity contribution >= 4 is 16.9 Å². The van der Waals surface area contributed by atoms with Crippen LogP contribution in [0.5, 0.6) is 5.75 Å². The summed E-state index contributed by atoms with van der Waals surface area (Å²) in [5.41, 5.74) is 7.00. The smallest absolute Gasteiger partial charge is 0.335 e. The number of hydrogen-bond donors (Lipinski definition) is 1. The number of methoxy groups -OCH3 is 1. The van der Waals surface area contributed by atoms with E-state index in [2.05, 4.69) is 38.6 Å². The van der Waals surface area contributed by atoms with Crippen LogP contribution in [0.3, 0.4) is 0 Å². The molecular formula is C33H41N3O3. The van der Waals surface area contributed by atoms with Gasteiger partial charge in [-0.05, 0) is 105 Å². The molecule has 0 spiro atoms. The Hall–Kier alpha value is -2.83. The van der Waals surface area contributed by atoms with Gasteiger partial charge in [0.15, 0.2) is 0 Å². The van der Waals surface area contributed by atoms with Crippen molar-refractivity contribution in [2.24, 2.45) is 5.92 Å². The monoisotopic (exact) mass is 527 g/mol. The van der Waals surface area contributed by atoms with Crippen LogP contribution >= 0.6 is 0 Å². The number of ether oxygens (including phenoxy) is 1. The Bertz CT molecular complexity index is 1380. The molecule has 39 heavy (non-hydrogen) atoms. The zero-order chi connectivity index (χ0) is 26.5. The number of hydrogen-bond acceptors (Lipinski definition) is 4. The maximum atomic E-state index is 12.0. The molecule has 1 aliphatic carbocycles. The lowest BCUT2D eigenvalue weighted by molar-refractivity contribution is 0.0697. The van der Waals surface area contributed by atoms with Crippen molar-refractivity contribution < 1.29 is 14.6 Å². The van der Waals surface area contributed by atoms with E-state index < -0.39 is 5.97 Å². The summed E-state index contributed by atoms with van der Waals surface area (Å²) in [5, 5.41) is 11.1. The van der Waals surface area contributed by atoms with E-state index in [0.717, 1.165) is 43.9 Å². The first kappa shape index (κ1) is 25.2. The average molecular weight is 528 g/mol. The van der Waals surface area contributed by atoms with Crippen molar-refractivity contribution in [1.29, 1.82) is 0 Å². The minimum Gasteiger partial charge on any atom is -0.497 e. The summed E-state index contributed by atoms with van der Waals surface area (Å²) < 4.78 is 8.30. The van der Waals surface area contributed by atoms with Gasteiger partial charge in [0.25, 0.3) is 0 Å². The number of carbonyl (C=O) groups is 1. The standard InChI is InChI=1S/C33H41N3O3/c1-39-25-10-12-26-28(20-25)31-24(13-16-35(31)18-17-34-14-5-6-15-34)21-36-29-19-23(33(37)38)9-11-27(29)30(32(26)36)22-7-3-2-4-8-22/h9-12,19-20,22,24,31H,2-8,13-18,21H2,1H3,(H,37,38)/t24-,31-/m0/s1. The Morgan fingerprint density at radius 2 is 1.77 bits per heavy atom. The van der Waals surface area contributed by atoms with Crippen molar-refractivity contribution in [2.45, 2.75) is 69.9 Å². The highest BCUT2D eigenvalue weighted by Crippen LogP contribution is 2.52. The minimum absolute atomic E-state index is 0.356.